The minimum absolute atomic E-state index is 0.107. The van der Waals surface area contributed by atoms with Crippen LogP contribution in [0.4, 0.5) is 0 Å². The Kier molecular flexibility index (Phi) is 4.65. The minimum Gasteiger partial charge on any atom is -0.477 e. The number of β-amino-alcohol motifs (C(OH)–C–C–N with tert-alkyl or cyclic N) is 1. The molecule has 1 aliphatic rings. The van der Waals surface area contributed by atoms with Gasteiger partial charge in [-0.1, -0.05) is 6.07 Å². The number of hydrogen-bond donors (Lipinski definition) is 2. The van der Waals surface area contributed by atoms with Gasteiger partial charge in [0.1, 0.15) is 11.4 Å². The highest BCUT2D eigenvalue weighted by atomic mass is 16.4. The van der Waals surface area contributed by atoms with Crippen LogP contribution in [0.2, 0.25) is 0 Å². The number of aliphatic hydroxyl groups excluding tert-OH is 1. The van der Waals surface area contributed by atoms with Gasteiger partial charge in [0.15, 0.2) is 0 Å². The van der Waals surface area contributed by atoms with E-state index in [1.807, 2.05) is 0 Å². The van der Waals surface area contributed by atoms with E-state index >= 15 is 0 Å². The number of carbonyl (C=O) groups excluding carboxylic acids is 1. The number of aromatic carboxylic acids is 1. The summed E-state index contributed by atoms with van der Waals surface area (Å²) in [6.45, 7) is 3.22. The highest BCUT2D eigenvalue weighted by molar-refractivity contribution is 5.94. The highest BCUT2D eigenvalue weighted by Gasteiger charge is 2.23. The monoisotopic (exact) mass is 279 g/mol. The van der Waals surface area contributed by atoms with Gasteiger partial charge in [0.2, 0.25) is 0 Å². The van der Waals surface area contributed by atoms with E-state index in [4.69, 9.17) is 10.2 Å². The molecule has 108 valence electrons. The molecular formula is C13H17N3O4. The Morgan fingerprint density at radius 2 is 1.80 bits per heavy atom. The predicted molar refractivity (Wildman–Crippen MR) is 70.6 cm³/mol. The number of rotatable bonds is 4. The van der Waals surface area contributed by atoms with Crippen molar-refractivity contribution >= 4 is 11.9 Å². The summed E-state index contributed by atoms with van der Waals surface area (Å²) >= 11 is 0. The zero-order valence-electron chi connectivity index (χ0n) is 11.0. The summed E-state index contributed by atoms with van der Waals surface area (Å²) in [4.78, 5) is 30.7. The molecule has 0 aliphatic carbocycles. The fourth-order valence-electron chi connectivity index (χ4n) is 2.15. The Hall–Kier alpha value is -1.99. The van der Waals surface area contributed by atoms with Crippen molar-refractivity contribution in [1.29, 1.82) is 0 Å². The maximum Gasteiger partial charge on any atom is 0.354 e. The first kappa shape index (κ1) is 14.4. The van der Waals surface area contributed by atoms with Crippen molar-refractivity contribution in [2.75, 3.05) is 39.3 Å². The van der Waals surface area contributed by atoms with Crippen LogP contribution >= 0.6 is 0 Å². The molecule has 2 N–H and O–H groups in total. The molecule has 0 atom stereocenters. The molecule has 2 rings (SSSR count). The van der Waals surface area contributed by atoms with Crippen molar-refractivity contribution in [3.8, 4) is 0 Å². The molecule has 2 heterocycles. The lowest BCUT2D eigenvalue weighted by atomic mass is 10.2. The highest BCUT2D eigenvalue weighted by Crippen LogP contribution is 2.08. The Bertz CT molecular complexity index is 498. The fraction of sp³-hybridized carbons (Fsp3) is 0.462. The first-order valence-electron chi connectivity index (χ1n) is 6.44. The number of amides is 1. The lowest BCUT2D eigenvalue weighted by Crippen LogP contribution is -2.49. The van der Waals surface area contributed by atoms with Gasteiger partial charge in [0.05, 0.1) is 6.61 Å². The lowest BCUT2D eigenvalue weighted by molar-refractivity contribution is 0.0609. The predicted octanol–water partition coefficient (Wildman–Crippen LogP) is -0.470. The Balaban J connectivity index is 2.02. The normalized spacial score (nSPS) is 16.1. The third-order valence-electron chi connectivity index (χ3n) is 3.26. The number of carboxylic acid groups (broad SMARTS) is 1. The minimum atomic E-state index is -1.15. The first-order chi connectivity index (χ1) is 9.61. The number of pyridine rings is 1. The summed E-state index contributed by atoms with van der Waals surface area (Å²) in [6.07, 6.45) is 0. The Morgan fingerprint density at radius 3 is 2.40 bits per heavy atom. The van der Waals surface area contributed by atoms with Gasteiger partial charge >= 0.3 is 5.97 Å². The molecule has 1 aromatic rings. The molecule has 7 heteroatoms. The van der Waals surface area contributed by atoms with Crippen molar-refractivity contribution in [2.24, 2.45) is 0 Å². The van der Waals surface area contributed by atoms with Crippen molar-refractivity contribution in [1.82, 2.24) is 14.8 Å². The van der Waals surface area contributed by atoms with E-state index in [2.05, 4.69) is 9.88 Å². The van der Waals surface area contributed by atoms with Crippen molar-refractivity contribution in [3.63, 3.8) is 0 Å². The van der Waals surface area contributed by atoms with E-state index in [0.29, 0.717) is 32.7 Å². The average molecular weight is 279 g/mol. The summed E-state index contributed by atoms with van der Waals surface area (Å²) in [5, 5.41) is 17.7. The third-order valence-corrected chi connectivity index (χ3v) is 3.26. The number of aliphatic hydroxyl groups is 1. The van der Waals surface area contributed by atoms with E-state index in [9.17, 15) is 9.59 Å². The van der Waals surface area contributed by atoms with E-state index < -0.39 is 5.97 Å². The smallest absolute Gasteiger partial charge is 0.354 e. The van der Waals surface area contributed by atoms with Gasteiger partial charge in [-0.3, -0.25) is 9.69 Å². The first-order valence-corrected chi connectivity index (χ1v) is 6.44. The number of nitrogens with zero attached hydrogens (tertiary/aromatic N) is 3. The quantitative estimate of drug-likeness (QED) is 0.774. The zero-order valence-corrected chi connectivity index (χ0v) is 11.0. The molecule has 1 aromatic heterocycles. The van der Waals surface area contributed by atoms with Crippen LogP contribution in [0.1, 0.15) is 21.0 Å². The molecule has 1 amide bonds. The summed E-state index contributed by atoms with van der Waals surface area (Å²) in [5.41, 5.74) is 0.0234. The fourth-order valence-corrected chi connectivity index (χ4v) is 2.15. The van der Waals surface area contributed by atoms with Crippen molar-refractivity contribution in [2.45, 2.75) is 0 Å². The van der Waals surface area contributed by atoms with Gasteiger partial charge in [-0.05, 0) is 12.1 Å². The largest absolute Gasteiger partial charge is 0.477 e. The number of aromatic nitrogens is 1. The third kappa shape index (κ3) is 3.31. The lowest BCUT2D eigenvalue weighted by Gasteiger charge is -2.34. The average Bonchev–Trinajstić information content (AvgIpc) is 2.48. The molecule has 0 aromatic carbocycles. The van der Waals surface area contributed by atoms with Crippen LogP contribution in [-0.2, 0) is 0 Å². The standard InChI is InChI=1S/C13H17N3O4/c17-9-8-15-4-6-16(7-5-15)12(18)10-2-1-3-11(14-10)13(19)20/h1-3,17H,4-9H2,(H,19,20). The van der Waals surface area contributed by atoms with Crippen LogP contribution in [0.25, 0.3) is 0 Å². The molecular weight excluding hydrogens is 262 g/mol. The van der Waals surface area contributed by atoms with Crippen LogP contribution < -0.4 is 0 Å². The molecule has 0 saturated carbocycles. The van der Waals surface area contributed by atoms with Gasteiger partial charge < -0.3 is 15.1 Å². The number of piperazine rings is 1. The van der Waals surface area contributed by atoms with Gasteiger partial charge in [-0.2, -0.15) is 0 Å². The van der Waals surface area contributed by atoms with Gasteiger partial charge in [0, 0.05) is 32.7 Å². The molecule has 1 aliphatic heterocycles. The van der Waals surface area contributed by atoms with Crippen molar-refractivity contribution in [3.05, 3.63) is 29.6 Å². The second kappa shape index (κ2) is 6.44. The van der Waals surface area contributed by atoms with Crippen LogP contribution in [0.3, 0.4) is 0 Å². The Labute approximate surface area is 116 Å². The van der Waals surface area contributed by atoms with E-state index in [-0.39, 0.29) is 23.9 Å². The second-order valence-corrected chi connectivity index (χ2v) is 4.57. The van der Waals surface area contributed by atoms with Crippen molar-refractivity contribution < 1.29 is 19.8 Å². The number of carbonyl (C=O) groups is 2. The molecule has 0 spiro atoms. The van der Waals surface area contributed by atoms with Crippen LogP contribution in [0.15, 0.2) is 18.2 Å². The molecule has 0 radical (unpaired) electrons. The molecule has 1 saturated heterocycles. The van der Waals surface area contributed by atoms with E-state index in [1.54, 1.807) is 4.90 Å². The SMILES string of the molecule is O=C(O)c1cccc(C(=O)N2CCN(CCO)CC2)n1. The molecule has 7 nitrogen and oxygen atoms in total. The van der Waals surface area contributed by atoms with Gasteiger partial charge in [-0.25, -0.2) is 9.78 Å². The topological polar surface area (TPSA) is 94.0 Å². The number of hydrogen-bond acceptors (Lipinski definition) is 5. The summed E-state index contributed by atoms with van der Waals surface area (Å²) in [5.74, 6) is -1.40. The molecule has 1 fully saturated rings. The van der Waals surface area contributed by atoms with Crippen LogP contribution in [-0.4, -0.2) is 76.2 Å². The summed E-state index contributed by atoms with van der Waals surface area (Å²) in [7, 11) is 0. The van der Waals surface area contributed by atoms with Crippen LogP contribution in [0.5, 0.6) is 0 Å². The maximum atomic E-state index is 12.2. The van der Waals surface area contributed by atoms with E-state index in [0.717, 1.165) is 0 Å². The maximum absolute atomic E-state index is 12.2. The summed E-state index contributed by atoms with van der Waals surface area (Å²) in [6, 6.07) is 4.40. The molecule has 0 bridgehead atoms. The van der Waals surface area contributed by atoms with Gasteiger partial charge in [-0.15, -0.1) is 0 Å². The molecule has 0 unspecified atom stereocenters. The van der Waals surface area contributed by atoms with Gasteiger partial charge in [0.25, 0.3) is 5.91 Å². The van der Waals surface area contributed by atoms with E-state index in [1.165, 1.54) is 18.2 Å². The van der Waals surface area contributed by atoms with Crippen LogP contribution in [0, 0.1) is 0 Å². The number of carboxylic acids is 1. The zero-order chi connectivity index (χ0) is 14.5. The summed E-state index contributed by atoms with van der Waals surface area (Å²) < 4.78 is 0. The second-order valence-electron chi connectivity index (χ2n) is 4.57. The molecule has 20 heavy (non-hydrogen) atoms. The Morgan fingerprint density at radius 1 is 1.15 bits per heavy atom.